The maximum Gasteiger partial charge on any atom is 0.216 e. The first-order chi connectivity index (χ1) is 15.1. The molecule has 0 amide bonds. The normalized spacial score (nSPS) is 14.7. The monoisotopic (exact) mass is 435 g/mol. The van der Waals surface area contributed by atoms with Crippen molar-refractivity contribution in [2.24, 2.45) is 7.05 Å². The number of furan rings is 1. The Labute approximate surface area is 186 Å². The van der Waals surface area contributed by atoms with E-state index in [1.54, 1.807) is 0 Å². The van der Waals surface area contributed by atoms with Crippen molar-refractivity contribution in [3.05, 3.63) is 53.7 Å². The Balaban J connectivity index is 2.06. The number of aryl methyl sites for hydroxylation is 3. The number of hydrogen-bond acceptors (Lipinski definition) is 1. The Bertz CT molecular complexity index is 1390. The molecule has 0 unspecified atom stereocenters. The van der Waals surface area contributed by atoms with Crippen molar-refractivity contribution in [3.8, 4) is 11.3 Å². The van der Waals surface area contributed by atoms with Crippen LogP contribution in [0.15, 0.2) is 47.0 Å². The van der Waals surface area contributed by atoms with Gasteiger partial charge in [-0.05, 0) is 31.0 Å². The van der Waals surface area contributed by atoms with Crippen LogP contribution in [0.5, 0.6) is 0 Å². The van der Waals surface area contributed by atoms with Crippen molar-refractivity contribution in [2.45, 2.75) is 53.1 Å². The summed E-state index contributed by atoms with van der Waals surface area (Å²) < 4.78 is 33.3. The highest BCUT2D eigenvalue weighted by Crippen LogP contribution is 2.36. The summed E-state index contributed by atoms with van der Waals surface area (Å²) in [5, 5.41) is 4.51. The molecule has 0 fully saturated rings. The summed E-state index contributed by atoms with van der Waals surface area (Å²) in [6.07, 6.45) is 2.04. The molecule has 2 heterocycles. The lowest BCUT2D eigenvalue weighted by Gasteiger charge is -2.18. The van der Waals surface area contributed by atoms with Gasteiger partial charge in [0.05, 0.1) is 21.7 Å². The van der Waals surface area contributed by atoms with Crippen LogP contribution in [0.2, 0.25) is 39.3 Å². The number of nitrogens with zero attached hydrogens (tertiary/aromatic N) is 1. The summed E-state index contributed by atoms with van der Waals surface area (Å²) in [5.74, 6) is 0. The number of pyridine rings is 1. The fourth-order valence-electron chi connectivity index (χ4n) is 4.22. The average Bonchev–Trinajstić information content (AvgIpc) is 3.03. The first-order valence-electron chi connectivity index (χ1n) is 12.1. The van der Waals surface area contributed by atoms with Gasteiger partial charge >= 0.3 is 0 Å². The third kappa shape index (κ3) is 3.46. The molecule has 4 rings (SSSR count). The predicted octanol–water partition coefficient (Wildman–Crippen LogP) is 5.78. The van der Waals surface area contributed by atoms with E-state index in [0.717, 1.165) is 43.9 Å². The molecular weight excluding hydrogens is 398 g/mol. The van der Waals surface area contributed by atoms with E-state index < -0.39 is 23.0 Å². The zero-order chi connectivity index (χ0) is 24.5. The first kappa shape index (κ1) is 17.5. The van der Waals surface area contributed by atoms with Gasteiger partial charge in [0.25, 0.3) is 0 Å². The van der Waals surface area contributed by atoms with Gasteiger partial charge in [-0.25, -0.2) is 4.57 Å². The molecule has 2 nitrogen and oxygen atoms in total. The van der Waals surface area contributed by atoms with Crippen LogP contribution in [-0.4, -0.2) is 16.1 Å². The molecule has 2 aromatic heterocycles. The molecule has 4 aromatic rings. The van der Waals surface area contributed by atoms with E-state index in [-0.39, 0.29) is 0 Å². The fourth-order valence-corrected chi connectivity index (χ4v) is 6.83. The van der Waals surface area contributed by atoms with E-state index in [4.69, 9.17) is 8.53 Å². The Hall–Kier alpha value is -2.18. The van der Waals surface area contributed by atoms with E-state index in [0.29, 0.717) is 5.56 Å². The lowest BCUT2D eigenvalue weighted by Crippen LogP contribution is -2.46. The SMILES string of the molecule is [2H]C([2H])([2H])c1cc(-c2c(C)ccc3c2oc2cc([Si](C)(C)C)ccc23)[n+](C)cc1[Si](C)(C)C. The molecule has 0 bridgehead atoms. The van der Waals surface area contributed by atoms with Crippen molar-refractivity contribution in [1.82, 2.24) is 0 Å². The fraction of sp³-hybridized carbons (Fsp3) is 0.346. The lowest BCUT2D eigenvalue weighted by atomic mass is 10.00. The quantitative estimate of drug-likeness (QED) is 0.294. The molecule has 156 valence electrons. The van der Waals surface area contributed by atoms with Crippen molar-refractivity contribution >= 4 is 48.5 Å². The van der Waals surface area contributed by atoms with Gasteiger partial charge in [0.2, 0.25) is 5.69 Å². The second-order valence-electron chi connectivity index (χ2n) is 10.5. The van der Waals surface area contributed by atoms with E-state index in [9.17, 15) is 0 Å². The van der Waals surface area contributed by atoms with Crippen LogP contribution in [0.25, 0.3) is 33.2 Å². The largest absolute Gasteiger partial charge is 0.455 e. The molecule has 0 atom stereocenters. The van der Waals surface area contributed by atoms with Crippen LogP contribution in [0, 0.1) is 13.8 Å². The van der Waals surface area contributed by atoms with E-state index in [1.807, 2.05) is 19.3 Å². The molecule has 0 aliphatic rings. The minimum atomic E-state index is -2.17. The van der Waals surface area contributed by atoms with Gasteiger partial charge in [-0.1, -0.05) is 68.7 Å². The Morgan fingerprint density at radius 2 is 1.57 bits per heavy atom. The first-order valence-corrected chi connectivity index (χ1v) is 17.6. The standard InChI is InChI=1S/C26H34NOSi2/c1-17-10-12-21-20-13-11-19(29(4,5)6)15-23(20)28-26(21)25(17)22-14-18(2)24(16-27(22)3)30(7,8)9/h10-16H,1-9H3/q+1/i2D3. The van der Waals surface area contributed by atoms with Crippen molar-refractivity contribution in [3.63, 3.8) is 0 Å². The highest BCUT2D eigenvalue weighted by Gasteiger charge is 2.27. The zero-order valence-corrected chi connectivity index (χ0v) is 21.4. The number of aromatic nitrogens is 1. The molecule has 0 aliphatic carbocycles. The minimum Gasteiger partial charge on any atom is -0.455 e. The Morgan fingerprint density at radius 3 is 2.20 bits per heavy atom. The van der Waals surface area contributed by atoms with Crippen molar-refractivity contribution in [2.75, 3.05) is 0 Å². The van der Waals surface area contributed by atoms with Gasteiger partial charge in [0, 0.05) is 26.1 Å². The topological polar surface area (TPSA) is 17.0 Å². The van der Waals surface area contributed by atoms with Gasteiger partial charge in [0.15, 0.2) is 6.20 Å². The summed E-state index contributed by atoms with van der Waals surface area (Å²) >= 11 is 0. The molecule has 0 saturated heterocycles. The smallest absolute Gasteiger partial charge is 0.216 e. The predicted molar refractivity (Wildman–Crippen MR) is 136 cm³/mol. The van der Waals surface area contributed by atoms with Crippen LogP contribution in [0.4, 0.5) is 0 Å². The Morgan fingerprint density at radius 1 is 0.867 bits per heavy atom. The van der Waals surface area contributed by atoms with Crippen LogP contribution in [0.1, 0.15) is 15.2 Å². The van der Waals surface area contributed by atoms with E-state index in [1.165, 1.54) is 5.19 Å². The van der Waals surface area contributed by atoms with E-state index in [2.05, 4.69) is 81.1 Å². The van der Waals surface area contributed by atoms with Gasteiger partial charge < -0.3 is 4.42 Å². The van der Waals surface area contributed by atoms with Crippen LogP contribution in [-0.2, 0) is 7.05 Å². The third-order valence-corrected chi connectivity index (χ3v) is 10.1. The molecule has 0 N–H and O–H groups in total. The van der Waals surface area contributed by atoms with Gasteiger partial charge in [-0.2, -0.15) is 0 Å². The van der Waals surface area contributed by atoms with Crippen LogP contribution in [0.3, 0.4) is 0 Å². The molecule has 0 radical (unpaired) electrons. The van der Waals surface area contributed by atoms with Crippen LogP contribution >= 0.6 is 0 Å². The molecular formula is C26H34NOSi2+. The minimum absolute atomic E-state index is 0.461. The highest BCUT2D eigenvalue weighted by atomic mass is 28.3. The number of hydrogen-bond donors (Lipinski definition) is 0. The van der Waals surface area contributed by atoms with Gasteiger partial charge in [0.1, 0.15) is 18.2 Å². The zero-order valence-electron chi connectivity index (χ0n) is 22.4. The maximum absolute atomic E-state index is 8.24. The summed E-state index contributed by atoms with van der Waals surface area (Å²) in [6.45, 7) is 13.5. The van der Waals surface area contributed by atoms with Crippen LogP contribution < -0.4 is 14.9 Å². The number of benzene rings is 2. The van der Waals surface area contributed by atoms with Crippen molar-refractivity contribution in [1.29, 1.82) is 0 Å². The number of rotatable bonds is 3. The lowest BCUT2D eigenvalue weighted by molar-refractivity contribution is -0.659. The summed E-state index contributed by atoms with van der Waals surface area (Å²) in [7, 11) is -1.33. The van der Waals surface area contributed by atoms with Gasteiger partial charge in [-0.15, -0.1) is 0 Å². The molecule has 30 heavy (non-hydrogen) atoms. The second kappa shape index (κ2) is 6.93. The second-order valence-corrected chi connectivity index (χ2v) is 20.7. The Kier molecular flexibility index (Phi) is 4.04. The average molecular weight is 436 g/mol. The number of fused-ring (bicyclic) bond motifs is 3. The van der Waals surface area contributed by atoms with Gasteiger partial charge in [-0.3, -0.25) is 0 Å². The van der Waals surface area contributed by atoms with Crippen molar-refractivity contribution < 1.29 is 13.1 Å². The van der Waals surface area contributed by atoms with E-state index >= 15 is 0 Å². The third-order valence-electron chi connectivity index (χ3n) is 6.05. The summed E-state index contributed by atoms with van der Waals surface area (Å²) in [5.41, 5.74) is 5.09. The highest BCUT2D eigenvalue weighted by molar-refractivity contribution is 6.89. The summed E-state index contributed by atoms with van der Waals surface area (Å²) in [6, 6.07) is 12.7. The summed E-state index contributed by atoms with van der Waals surface area (Å²) in [4.78, 5) is 0. The molecule has 2 aromatic carbocycles. The molecule has 0 saturated carbocycles. The molecule has 0 aliphatic heterocycles. The molecule has 4 heteroatoms. The maximum atomic E-state index is 8.24. The molecule has 0 spiro atoms.